The zero-order chi connectivity index (χ0) is 6.95. The van der Waals surface area contributed by atoms with Crippen LogP contribution in [0.3, 0.4) is 0 Å². The van der Waals surface area contributed by atoms with E-state index in [1.165, 1.54) is 6.42 Å². The number of unbranched alkanes of at least 4 members (excludes halogenated alkanes) is 2. The van der Waals surface area contributed by atoms with Gasteiger partial charge in [0.15, 0.2) is 0 Å². The molecule has 0 atom stereocenters. The summed E-state index contributed by atoms with van der Waals surface area (Å²) in [4.78, 5) is 0. The van der Waals surface area contributed by atoms with E-state index < -0.39 is 0 Å². The van der Waals surface area contributed by atoms with Gasteiger partial charge in [0.2, 0.25) is 0 Å². The molecule has 0 aliphatic heterocycles. The molecule has 0 radical (unpaired) electrons. The third-order valence-electron chi connectivity index (χ3n) is 1.13. The molecule has 9 heavy (non-hydrogen) atoms. The molecule has 2 heteroatoms. The Morgan fingerprint density at radius 1 is 1.00 bits per heavy atom. The van der Waals surface area contributed by atoms with Gasteiger partial charge in [0.25, 0.3) is 0 Å². The number of hydrogen-bond acceptors (Lipinski definition) is 2. The van der Waals surface area contributed by atoms with Gasteiger partial charge >= 0.3 is 0 Å². The van der Waals surface area contributed by atoms with Gasteiger partial charge in [-0.05, 0) is 25.8 Å². The van der Waals surface area contributed by atoms with Crippen LogP contribution in [0.4, 0.5) is 0 Å². The van der Waals surface area contributed by atoms with Crippen molar-refractivity contribution in [2.45, 2.75) is 19.3 Å². The van der Waals surface area contributed by atoms with E-state index in [0.717, 1.165) is 19.4 Å². The molecular formula is C7H16N2. The molecule has 0 aromatic rings. The lowest BCUT2D eigenvalue weighted by Gasteiger charge is -1.90. The first-order chi connectivity index (χ1) is 4.41. The third-order valence-corrected chi connectivity index (χ3v) is 1.13. The van der Waals surface area contributed by atoms with Crippen molar-refractivity contribution in [2.75, 3.05) is 13.1 Å². The van der Waals surface area contributed by atoms with Crippen LogP contribution in [-0.4, -0.2) is 13.1 Å². The molecule has 0 aliphatic carbocycles. The highest BCUT2D eigenvalue weighted by atomic mass is 14.5. The SMILES string of the molecule is NCC=CCCCCN. The van der Waals surface area contributed by atoms with Gasteiger partial charge in [-0.1, -0.05) is 12.2 Å². The fraction of sp³-hybridized carbons (Fsp3) is 0.714. The van der Waals surface area contributed by atoms with Crippen LogP contribution in [0.15, 0.2) is 12.2 Å². The topological polar surface area (TPSA) is 52.0 Å². The summed E-state index contributed by atoms with van der Waals surface area (Å²) in [5.41, 5.74) is 10.5. The second-order valence-corrected chi connectivity index (χ2v) is 1.99. The van der Waals surface area contributed by atoms with Crippen molar-refractivity contribution in [1.29, 1.82) is 0 Å². The van der Waals surface area contributed by atoms with Gasteiger partial charge in [-0.25, -0.2) is 0 Å². The van der Waals surface area contributed by atoms with Gasteiger partial charge in [-0.3, -0.25) is 0 Å². The van der Waals surface area contributed by atoms with E-state index in [1.807, 2.05) is 6.08 Å². The molecule has 0 fully saturated rings. The second-order valence-electron chi connectivity index (χ2n) is 1.99. The van der Waals surface area contributed by atoms with Gasteiger partial charge in [0, 0.05) is 6.54 Å². The van der Waals surface area contributed by atoms with Crippen LogP contribution in [-0.2, 0) is 0 Å². The van der Waals surface area contributed by atoms with Crippen molar-refractivity contribution in [3.63, 3.8) is 0 Å². The van der Waals surface area contributed by atoms with Crippen LogP contribution in [0.5, 0.6) is 0 Å². The van der Waals surface area contributed by atoms with Crippen molar-refractivity contribution in [2.24, 2.45) is 11.5 Å². The third kappa shape index (κ3) is 7.66. The van der Waals surface area contributed by atoms with Gasteiger partial charge in [0.1, 0.15) is 0 Å². The highest BCUT2D eigenvalue weighted by Crippen LogP contribution is 1.93. The van der Waals surface area contributed by atoms with Crippen LogP contribution in [0.1, 0.15) is 19.3 Å². The summed E-state index contributed by atoms with van der Waals surface area (Å²) in [6, 6.07) is 0. The molecule has 0 heterocycles. The molecular weight excluding hydrogens is 112 g/mol. The van der Waals surface area contributed by atoms with Crippen LogP contribution < -0.4 is 11.5 Å². The monoisotopic (exact) mass is 128 g/mol. The summed E-state index contributed by atoms with van der Waals surface area (Å²) in [5.74, 6) is 0. The van der Waals surface area contributed by atoms with E-state index in [1.54, 1.807) is 0 Å². The lowest BCUT2D eigenvalue weighted by Crippen LogP contribution is -1.97. The fourth-order valence-corrected chi connectivity index (χ4v) is 0.621. The Kier molecular flexibility index (Phi) is 7.37. The molecule has 0 saturated heterocycles. The standard InChI is InChI=1S/C7H16N2/c8-6-4-2-1-3-5-7-9/h2,4H,1,3,5-9H2. The Balaban J connectivity index is 2.82. The largest absolute Gasteiger partial charge is 0.330 e. The maximum absolute atomic E-state index is 5.29. The predicted molar refractivity (Wildman–Crippen MR) is 41.1 cm³/mol. The van der Waals surface area contributed by atoms with Crippen LogP contribution in [0.25, 0.3) is 0 Å². The highest BCUT2D eigenvalue weighted by Gasteiger charge is 1.79. The molecule has 54 valence electrons. The quantitative estimate of drug-likeness (QED) is 0.421. The van der Waals surface area contributed by atoms with E-state index in [-0.39, 0.29) is 0 Å². The van der Waals surface area contributed by atoms with Gasteiger partial charge in [0.05, 0.1) is 0 Å². The summed E-state index contributed by atoms with van der Waals surface area (Å²) in [6.07, 6.45) is 7.52. The molecule has 0 aromatic heterocycles. The molecule has 4 N–H and O–H groups in total. The Morgan fingerprint density at radius 3 is 2.33 bits per heavy atom. The van der Waals surface area contributed by atoms with Crippen molar-refractivity contribution in [3.8, 4) is 0 Å². The first-order valence-electron chi connectivity index (χ1n) is 3.47. The lowest BCUT2D eigenvalue weighted by molar-refractivity contribution is 0.757. The number of rotatable bonds is 5. The Morgan fingerprint density at radius 2 is 1.78 bits per heavy atom. The zero-order valence-corrected chi connectivity index (χ0v) is 5.84. The van der Waals surface area contributed by atoms with Crippen molar-refractivity contribution in [3.05, 3.63) is 12.2 Å². The number of hydrogen-bond donors (Lipinski definition) is 2. The Hall–Kier alpha value is -0.340. The molecule has 0 rings (SSSR count). The van der Waals surface area contributed by atoms with E-state index in [2.05, 4.69) is 6.08 Å². The lowest BCUT2D eigenvalue weighted by atomic mass is 10.2. The maximum atomic E-state index is 5.29. The van der Waals surface area contributed by atoms with Crippen molar-refractivity contribution >= 4 is 0 Å². The van der Waals surface area contributed by atoms with E-state index in [4.69, 9.17) is 11.5 Å². The zero-order valence-electron chi connectivity index (χ0n) is 5.84. The number of nitrogens with two attached hydrogens (primary N) is 2. The Labute approximate surface area is 56.9 Å². The number of allylic oxidation sites excluding steroid dienone is 1. The molecule has 0 unspecified atom stereocenters. The van der Waals surface area contributed by atoms with Gasteiger partial charge in [-0.2, -0.15) is 0 Å². The smallest absolute Gasteiger partial charge is 0.0106 e. The summed E-state index contributed by atoms with van der Waals surface area (Å²) in [6.45, 7) is 1.46. The minimum absolute atomic E-state index is 0.655. The molecule has 0 bridgehead atoms. The molecule has 0 aliphatic rings. The fourth-order valence-electron chi connectivity index (χ4n) is 0.621. The van der Waals surface area contributed by atoms with Crippen LogP contribution in [0.2, 0.25) is 0 Å². The molecule has 2 nitrogen and oxygen atoms in total. The molecule has 0 spiro atoms. The summed E-state index contributed by atoms with van der Waals surface area (Å²) < 4.78 is 0. The van der Waals surface area contributed by atoms with Crippen molar-refractivity contribution < 1.29 is 0 Å². The van der Waals surface area contributed by atoms with E-state index in [0.29, 0.717) is 6.54 Å². The van der Waals surface area contributed by atoms with Crippen LogP contribution >= 0.6 is 0 Å². The maximum Gasteiger partial charge on any atom is 0.0106 e. The minimum Gasteiger partial charge on any atom is -0.330 e. The minimum atomic E-state index is 0.655. The van der Waals surface area contributed by atoms with Crippen LogP contribution in [0, 0.1) is 0 Å². The van der Waals surface area contributed by atoms with Gasteiger partial charge < -0.3 is 11.5 Å². The molecule has 0 saturated carbocycles. The van der Waals surface area contributed by atoms with Gasteiger partial charge in [-0.15, -0.1) is 0 Å². The molecule has 0 aromatic carbocycles. The average molecular weight is 128 g/mol. The predicted octanol–water partition coefficient (Wildman–Crippen LogP) is 0.630. The highest BCUT2D eigenvalue weighted by molar-refractivity contribution is 4.81. The van der Waals surface area contributed by atoms with E-state index >= 15 is 0 Å². The normalized spacial score (nSPS) is 10.9. The molecule has 0 amide bonds. The van der Waals surface area contributed by atoms with Crippen molar-refractivity contribution in [1.82, 2.24) is 0 Å². The average Bonchev–Trinajstić information content (AvgIpc) is 1.89. The summed E-state index contributed by atoms with van der Waals surface area (Å²) in [5, 5.41) is 0. The first kappa shape index (κ1) is 8.66. The Bertz CT molecular complexity index is 69.3. The summed E-state index contributed by atoms with van der Waals surface area (Å²) >= 11 is 0. The second kappa shape index (κ2) is 7.66. The van der Waals surface area contributed by atoms with E-state index in [9.17, 15) is 0 Å². The summed E-state index contributed by atoms with van der Waals surface area (Å²) in [7, 11) is 0. The first-order valence-corrected chi connectivity index (χ1v) is 3.47.